The molecule has 0 N–H and O–H groups in total. The van der Waals surface area contributed by atoms with Crippen LogP contribution < -0.4 is 4.90 Å². The number of nitrogens with zero attached hydrogens (tertiary/aromatic N) is 1. The summed E-state index contributed by atoms with van der Waals surface area (Å²) in [5.74, 6) is 0. The molecule has 0 amide bonds. The highest BCUT2D eigenvalue weighted by Gasteiger charge is 2.21. The van der Waals surface area contributed by atoms with E-state index >= 15 is 0 Å². The molecule has 1 atom stereocenters. The number of benzene rings is 2. The zero-order valence-electron chi connectivity index (χ0n) is 12.5. The second kappa shape index (κ2) is 7.77. The first-order chi connectivity index (χ1) is 10.8. The second-order valence-electron chi connectivity index (χ2n) is 5.42. The molecule has 0 saturated carbocycles. The Bertz CT molecular complexity index is 591. The Labute approximate surface area is 140 Å². The standard InChI is InChI=1S/C18H20BrNO2/c19-16-7-4-8-17(11-16)20-9-10-22-18(12-20)14-21-13-15-5-2-1-3-6-15/h1-8,11,18H,9-10,12-14H2. The van der Waals surface area contributed by atoms with Crippen LogP contribution in [0.5, 0.6) is 0 Å². The minimum Gasteiger partial charge on any atom is -0.374 e. The average molecular weight is 362 g/mol. The molecule has 3 nitrogen and oxygen atoms in total. The Morgan fingerprint density at radius 3 is 2.82 bits per heavy atom. The van der Waals surface area contributed by atoms with Gasteiger partial charge in [0.25, 0.3) is 0 Å². The lowest BCUT2D eigenvalue weighted by atomic mass is 10.2. The predicted molar refractivity (Wildman–Crippen MR) is 92.2 cm³/mol. The summed E-state index contributed by atoms with van der Waals surface area (Å²) in [6.07, 6.45) is 0.122. The van der Waals surface area contributed by atoms with E-state index in [4.69, 9.17) is 9.47 Å². The fourth-order valence-corrected chi connectivity index (χ4v) is 3.00. The normalized spacial score (nSPS) is 18.4. The molecule has 1 aliphatic rings. The van der Waals surface area contributed by atoms with Crippen molar-refractivity contribution >= 4 is 21.6 Å². The van der Waals surface area contributed by atoms with Crippen molar-refractivity contribution < 1.29 is 9.47 Å². The van der Waals surface area contributed by atoms with Crippen molar-refractivity contribution in [2.45, 2.75) is 12.7 Å². The van der Waals surface area contributed by atoms with Gasteiger partial charge in [-0.3, -0.25) is 0 Å². The van der Waals surface area contributed by atoms with Crippen LogP contribution in [0.1, 0.15) is 5.56 Å². The van der Waals surface area contributed by atoms with Crippen molar-refractivity contribution in [2.75, 3.05) is 31.2 Å². The lowest BCUT2D eigenvalue weighted by Gasteiger charge is -2.34. The average Bonchev–Trinajstić information content (AvgIpc) is 2.56. The second-order valence-corrected chi connectivity index (χ2v) is 6.34. The van der Waals surface area contributed by atoms with Gasteiger partial charge in [-0.2, -0.15) is 0 Å². The molecule has 2 aromatic carbocycles. The summed E-state index contributed by atoms with van der Waals surface area (Å²) in [6, 6.07) is 18.6. The zero-order chi connectivity index (χ0) is 15.2. The van der Waals surface area contributed by atoms with Gasteiger partial charge in [-0.05, 0) is 23.8 Å². The number of rotatable bonds is 5. The first-order valence-corrected chi connectivity index (χ1v) is 8.34. The van der Waals surface area contributed by atoms with Crippen LogP contribution in [0.3, 0.4) is 0 Å². The van der Waals surface area contributed by atoms with Crippen molar-refractivity contribution in [3.63, 3.8) is 0 Å². The maximum absolute atomic E-state index is 5.82. The number of morpholine rings is 1. The molecular weight excluding hydrogens is 342 g/mol. The van der Waals surface area contributed by atoms with E-state index in [1.165, 1.54) is 11.3 Å². The van der Waals surface area contributed by atoms with Crippen molar-refractivity contribution in [3.8, 4) is 0 Å². The Morgan fingerprint density at radius 2 is 2.00 bits per heavy atom. The van der Waals surface area contributed by atoms with E-state index in [9.17, 15) is 0 Å². The van der Waals surface area contributed by atoms with Crippen LogP contribution in [0.25, 0.3) is 0 Å². The highest BCUT2D eigenvalue weighted by atomic mass is 79.9. The Morgan fingerprint density at radius 1 is 1.14 bits per heavy atom. The monoisotopic (exact) mass is 361 g/mol. The molecule has 0 bridgehead atoms. The summed E-state index contributed by atoms with van der Waals surface area (Å²) >= 11 is 3.53. The summed E-state index contributed by atoms with van der Waals surface area (Å²) in [5.41, 5.74) is 2.42. The fourth-order valence-electron chi connectivity index (χ4n) is 2.61. The smallest absolute Gasteiger partial charge is 0.0983 e. The van der Waals surface area contributed by atoms with Crippen LogP contribution in [0.2, 0.25) is 0 Å². The molecule has 1 unspecified atom stereocenters. The molecule has 3 rings (SSSR count). The van der Waals surface area contributed by atoms with E-state index in [1.807, 2.05) is 24.3 Å². The molecule has 1 aliphatic heterocycles. The molecular formula is C18H20BrNO2. The summed E-state index contributed by atoms with van der Waals surface area (Å²) in [7, 11) is 0. The van der Waals surface area contributed by atoms with Gasteiger partial charge in [0.1, 0.15) is 0 Å². The van der Waals surface area contributed by atoms with Crippen LogP contribution in [0, 0.1) is 0 Å². The Kier molecular flexibility index (Phi) is 5.48. The van der Waals surface area contributed by atoms with Crippen molar-refractivity contribution in [2.24, 2.45) is 0 Å². The third-order valence-corrected chi connectivity index (χ3v) is 4.22. The number of hydrogen-bond acceptors (Lipinski definition) is 3. The van der Waals surface area contributed by atoms with E-state index in [2.05, 4.69) is 51.2 Å². The minimum atomic E-state index is 0.122. The highest BCUT2D eigenvalue weighted by Crippen LogP contribution is 2.22. The van der Waals surface area contributed by atoms with Crippen LogP contribution in [-0.4, -0.2) is 32.4 Å². The minimum absolute atomic E-state index is 0.122. The van der Waals surface area contributed by atoms with Crippen LogP contribution in [0.15, 0.2) is 59.1 Å². The van der Waals surface area contributed by atoms with E-state index in [0.717, 1.165) is 24.2 Å². The Balaban J connectivity index is 1.50. The Hall–Kier alpha value is -1.36. The SMILES string of the molecule is Brc1cccc(N2CCOC(COCc3ccccc3)C2)c1. The van der Waals surface area contributed by atoms with Crippen molar-refractivity contribution in [1.29, 1.82) is 0 Å². The number of ether oxygens (including phenoxy) is 2. The number of anilines is 1. The van der Waals surface area contributed by atoms with Crippen molar-refractivity contribution in [3.05, 3.63) is 64.6 Å². The molecule has 0 spiro atoms. The molecule has 2 aromatic rings. The molecule has 4 heteroatoms. The molecule has 22 heavy (non-hydrogen) atoms. The van der Waals surface area contributed by atoms with Gasteiger partial charge in [-0.1, -0.05) is 52.3 Å². The number of halogens is 1. The first kappa shape index (κ1) is 15.5. The molecule has 116 valence electrons. The highest BCUT2D eigenvalue weighted by molar-refractivity contribution is 9.10. The van der Waals surface area contributed by atoms with Crippen LogP contribution in [0.4, 0.5) is 5.69 Å². The molecule has 0 aromatic heterocycles. The van der Waals surface area contributed by atoms with Gasteiger partial charge in [0.2, 0.25) is 0 Å². The predicted octanol–water partition coefficient (Wildman–Crippen LogP) is 3.87. The van der Waals surface area contributed by atoms with E-state index in [0.29, 0.717) is 13.2 Å². The molecule has 1 heterocycles. The maximum Gasteiger partial charge on any atom is 0.0983 e. The van der Waals surface area contributed by atoms with Gasteiger partial charge < -0.3 is 14.4 Å². The van der Waals surface area contributed by atoms with Crippen molar-refractivity contribution in [1.82, 2.24) is 0 Å². The van der Waals surface area contributed by atoms with E-state index in [-0.39, 0.29) is 6.10 Å². The summed E-state index contributed by atoms with van der Waals surface area (Å²) < 4.78 is 12.7. The maximum atomic E-state index is 5.82. The van der Waals surface area contributed by atoms with Gasteiger partial charge in [-0.25, -0.2) is 0 Å². The molecule has 1 saturated heterocycles. The van der Waals surface area contributed by atoms with E-state index < -0.39 is 0 Å². The van der Waals surface area contributed by atoms with Crippen LogP contribution >= 0.6 is 15.9 Å². The van der Waals surface area contributed by atoms with Gasteiger partial charge in [0, 0.05) is 23.2 Å². The molecule has 0 radical (unpaired) electrons. The summed E-state index contributed by atoms with van der Waals surface area (Å²) in [4.78, 5) is 2.35. The third-order valence-electron chi connectivity index (χ3n) is 3.73. The molecule has 0 aliphatic carbocycles. The molecule has 1 fully saturated rings. The van der Waals surface area contributed by atoms with Gasteiger partial charge in [0.05, 0.1) is 25.9 Å². The van der Waals surface area contributed by atoms with Gasteiger partial charge >= 0.3 is 0 Å². The van der Waals surface area contributed by atoms with E-state index in [1.54, 1.807) is 0 Å². The topological polar surface area (TPSA) is 21.7 Å². The quantitative estimate of drug-likeness (QED) is 0.806. The fraction of sp³-hybridized carbons (Fsp3) is 0.333. The third kappa shape index (κ3) is 4.32. The largest absolute Gasteiger partial charge is 0.374 e. The van der Waals surface area contributed by atoms with Gasteiger partial charge in [-0.15, -0.1) is 0 Å². The van der Waals surface area contributed by atoms with Gasteiger partial charge in [0.15, 0.2) is 0 Å². The summed E-state index contributed by atoms with van der Waals surface area (Å²) in [6.45, 7) is 3.79. The lowest BCUT2D eigenvalue weighted by molar-refractivity contribution is -0.0283. The lowest BCUT2D eigenvalue weighted by Crippen LogP contribution is -2.44. The first-order valence-electron chi connectivity index (χ1n) is 7.55. The number of hydrogen-bond donors (Lipinski definition) is 0. The summed E-state index contributed by atoms with van der Waals surface area (Å²) in [5, 5.41) is 0. The van der Waals surface area contributed by atoms with Crippen LogP contribution in [-0.2, 0) is 16.1 Å². The zero-order valence-corrected chi connectivity index (χ0v) is 14.0.